The number of nitrogens with zero attached hydrogens (tertiary/aromatic N) is 2. The zero-order chi connectivity index (χ0) is 18.7. The Labute approximate surface area is 161 Å². The first-order valence-electron chi connectivity index (χ1n) is 9.48. The molecule has 2 aliphatic heterocycles. The van der Waals surface area contributed by atoms with Crippen molar-refractivity contribution in [3.8, 4) is 0 Å². The van der Waals surface area contributed by atoms with E-state index < -0.39 is 15.8 Å². The summed E-state index contributed by atoms with van der Waals surface area (Å²) < 4.78 is 40.8. The van der Waals surface area contributed by atoms with E-state index >= 15 is 0 Å². The molecule has 2 aliphatic rings. The van der Waals surface area contributed by atoms with Crippen molar-refractivity contribution in [1.29, 1.82) is 0 Å². The Hall–Kier alpha value is -0.690. The van der Waals surface area contributed by atoms with Gasteiger partial charge in [-0.3, -0.25) is 0 Å². The smallest absolute Gasteiger partial charge is 0.218 e. The lowest BCUT2D eigenvalue weighted by molar-refractivity contribution is 0.136. The van der Waals surface area contributed by atoms with Crippen LogP contribution in [0, 0.1) is 17.7 Å². The lowest BCUT2D eigenvalue weighted by atomic mass is 9.94. The molecule has 0 N–H and O–H groups in total. The Morgan fingerprint density at radius 3 is 2.58 bits per heavy atom. The SMILES string of the molecule is C[C@@H]1CCCN(CC2CCN(S(=O)(=O)Cc3c(F)cccc3Cl)CC2)C1. The van der Waals surface area contributed by atoms with E-state index in [1.54, 1.807) is 0 Å². The van der Waals surface area contributed by atoms with Gasteiger partial charge in [-0.2, -0.15) is 0 Å². The highest BCUT2D eigenvalue weighted by Crippen LogP contribution is 2.27. The molecular weight excluding hydrogens is 375 g/mol. The summed E-state index contributed by atoms with van der Waals surface area (Å²) in [6.45, 7) is 6.72. The molecular formula is C19H28ClFN2O2S. The number of hydrogen-bond acceptors (Lipinski definition) is 3. The van der Waals surface area contributed by atoms with E-state index in [4.69, 9.17) is 11.6 Å². The summed E-state index contributed by atoms with van der Waals surface area (Å²) in [5, 5.41) is 0.169. The molecule has 1 aromatic rings. The van der Waals surface area contributed by atoms with Gasteiger partial charge in [0.1, 0.15) is 5.82 Å². The molecule has 0 unspecified atom stereocenters. The van der Waals surface area contributed by atoms with Gasteiger partial charge in [-0.05, 0) is 56.2 Å². The van der Waals surface area contributed by atoms with Crippen LogP contribution in [0.2, 0.25) is 5.02 Å². The van der Waals surface area contributed by atoms with Gasteiger partial charge in [0.2, 0.25) is 10.0 Å². The third-order valence-corrected chi connectivity index (χ3v) is 7.77. The molecule has 2 saturated heterocycles. The van der Waals surface area contributed by atoms with Gasteiger partial charge in [0.15, 0.2) is 0 Å². The summed E-state index contributed by atoms with van der Waals surface area (Å²) in [6.07, 6.45) is 4.31. The lowest BCUT2D eigenvalue weighted by Gasteiger charge is -2.37. The summed E-state index contributed by atoms with van der Waals surface area (Å²) in [4.78, 5) is 2.53. The Morgan fingerprint density at radius 1 is 1.19 bits per heavy atom. The molecule has 0 radical (unpaired) electrons. The van der Waals surface area contributed by atoms with Crippen LogP contribution in [0.4, 0.5) is 4.39 Å². The topological polar surface area (TPSA) is 40.6 Å². The second-order valence-corrected chi connectivity index (χ2v) is 10.2. The molecule has 4 nitrogen and oxygen atoms in total. The molecule has 0 amide bonds. The number of hydrogen-bond donors (Lipinski definition) is 0. The minimum Gasteiger partial charge on any atom is -0.303 e. The van der Waals surface area contributed by atoms with Crippen molar-refractivity contribution in [1.82, 2.24) is 9.21 Å². The Bertz CT molecular complexity index is 700. The van der Waals surface area contributed by atoms with Gasteiger partial charge in [0.25, 0.3) is 0 Å². The van der Waals surface area contributed by atoms with Crippen LogP contribution in [0.15, 0.2) is 18.2 Å². The minimum atomic E-state index is -3.55. The average Bonchev–Trinajstić information content (AvgIpc) is 2.59. The van der Waals surface area contributed by atoms with Crippen LogP contribution in [0.25, 0.3) is 0 Å². The zero-order valence-corrected chi connectivity index (χ0v) is 16.9. The molecule has 3 rings (SSSR count). The molecule has 1 atom stereocenters. The number of sulfonamides is 1. The van der Waals surface area contributed by atoms with Crippen LogP contribution in [0.1, 0.15) is 38.2 Å². The molecule has 2 fully saturated rings. The number of benzene rings is 1. The highest BCUT2D eigenvalue weighted by atomic mass is 35.5. The molecule has 0 aliphatic carbocycles. The first-order chi connectivity index (χ1) is 12.3. The number of likely N-dealkylation sites (tertiary alicyclic amines) is 1. The molecule has 0 spiro atoms. The summed E-state index contributed by atoms with van der Waals surface area (Å²) in [6, 6.07) is 4.27. The van der Waals surface area contributed by atoms with E-state index in [1.807, 2.05) is 0 Å². The van der Waals surface area contributed by atoms with E-state index in [-0.39, 0.29) is 16.3 Å². The highest BCUT2D eigenvalue weighted by Gasteiger charge is 2.30. The maximum Gasteiger partial charge on any atom is 0.218 e. The normalized spacial score (nSPS) is 24.0. The van der Waals surface area contributed by atoms with Crippen molar-refractivity contribution in [2.75, 3.05) is 32.7 Å². The van der Waals surface area contributed by atoms with Crippen LogP contribution in [-0.4, -0.2) is 50.3 Å². The largest absolute Gasteiger partial charge is 0.303 e. The zero-order valence-electron chi connectivity index (χ0n) is 15.3. The number of piperidine rings is 2. The maximum absolute atomic E-state index is 13.9. The van der Waals surface area contributed by atoms with E-state index in [2.05, 4.69) is 11.8 Å². The first kappa shape index (κ1) is 20.1. The Morgan fingerprint density at radius 2 is 1.92 bits per heavy atom. The molecule has 0 saturated carbocycles. The Balaban J connectivity index is 1.55. The average molecular weight is 403 g/mol. The van der Waals surface area contributed by atoms with Crippen LogP contribution in [-0.2, 0) is 15.8 Å². The van der Waals surface area contributed by atoms with E-state index in [0.29, 0.717) is 19.0 Å². The van der Waals surface area contributed by atoms with Crippen LogP contribution in [0.3, 0.4) is 0 Å². The fourth-order valence-electron chi connectivity index (χ4n) is 4.13. The third-order valence-electron chi connectivity index (χ3n) is 5.61. The van der Waals surface area contributed by atoms with Crippen molar-refractivity contribution in [3.63, 3.8) is 0 Å². The lowest BCUT2D eigenvalue weighted by Crippen LogP contribution is -2.43. The predicted molar refractivity (Wildman–Crippen MR) is 103 cm³/mol. The van der Waals surface area contributed by atoms with Crippen molar-refractivity contribution in [2.24, 2.45) is 11.8 Å². The second-order valence-electron chi connectivity index (χ2n) is 7.81. The molecule has 0 aromatic heterocycles. The standard InChI is InChI=1S/C19H28ClFN2O2S/c1-15-4-3-9-22(12-15)13-16-7-10-23(11-8-16)26(24,25)14-17-18(20)5-2-6-19(17)21/h2,5-6,15-16H,3-4,7-14H2,1H3/t15-/m1/s1. The van der Waals surface area contributed by atoms with Crippen molar-refractivity contribution >= 4 is 21.6 Å². The van der Waals surface area contributed by atoms with Gasteiger partial charge in [0, 0.05) is 36.8 Å². The van der Waals surface area contributed by atoms with Crippen molar-refractivity contribution in [3.05, 3.63) is 34.6 Å². The number of rotatable bonds is 5. The van der Waals surface area contributed by atoms with Crippen molar-refractivity contribution < 1.29 is 12.8 Å². The van der Waals surface area contributed by atoms with Crippen LogP contribution >= 0.6 is 11.6 Å². The number of halogens is 2. The van der Waals surface area contributed by atoms with Crippen LogP contribution in [0.5, 0.6) is 0 Å². The second kappa shape index (κ2) is 8.55. The summed E-state index contributed by atoms with van der Waals surface area (Å²) in [5.74, 6) is 0.376. The minimum absolute atomic E-state index is 0.0681. The Kier molecular flexibility index (Phi) is 6.59. The van der Waals surface area contributed by atoms with Gasteiger partial charge in [0.05, 0.1) is 5.75 Å². The van der Waals surface area contributed by atoms with E-state index in [9.17, 15) is 12.8 Å². The van der Waals surface area contributed by atoms with Gasteiger partial charge >= 0.3 is 0 Å². The molecule has 26 heavy (non-hydrogen) atoms. The van der Waals surface area contributed by atoms with E-state index in [1.165, 1.54) is 35.3 Å². The molecule has 146 valence electrons. The van der Waals surface area contributed by atoms with Gasteiger partial charge in [-0.25, -0.2) is 17.1 Å². The molecule has 1 aromatic carbocycles. The van der Waals surface area contributed by atoms with Gasteiger partial charge in [-0.15, -0.1) is 0 Å². The first-order valence-corrected chi connectivity index (χ1v) is 11.5. The summed E-state index contributed by atoms with van der Waals surface area (Å²) >= 11 is 5.99. The quantitative estimate of drug-likeness (QED) is 0.753. The fraction of sp³-hybridized carbons (Fsp3) is 0.684. The summed E-state index contributed by atoms with van der Waals surface area (Å²) in [5.41, 5.74) is 0.0681. The fourth-order valence-corrected chi connectivity index (χ4v) is 6.05. The summed E-state index contributed by atoms with van der Waals surface area (Å²) in [7, 11) is -3.55. The molecule has 7 heteroatoms. The van der Waals surface area contributed by atoms with Gasteiger partial charge < -0.3 is 4.90 Å². The third kappa shape index (κ3) is 4.97. The van der Waals surface area contributed by atoms with E-state index in [0.717, 1.165) is 38.4 Å². The predicted octanol–water partition coefficient (Wildman–Crippen LogP) is 3.75. The van der Waals surface area contributed by atoms with Crippen molar-refractivity contribution in [2.45, 2.75) is 38.4 Å². The van der Waals surface area contributed by atoms with Gasteiger partial charge in [-0.1, -0.05) is 24.6 Å². The molecule has 0 bridgehead atoms. The maximum atomic E-state index is 13.9. The highest BCUT2D eigenvalue weighted by molar-refractivity contribution is 7.88. The molecule has 2 heterocycles. The van der Waals surface area contributed by atoms with Crippen LogP contribution < -0.4 is 0 Å². The monoisotopic (exact) mass is 402 g/mol.